The first-order valence-corrected chi connectivity index (χ1v) is 9.90. The Labute approximate surface area is 149 Å². The third kappa shape index (κ3) is 4.87. The Morgan fingerprint density at radius 3 is 2.08 bits per heavy atom. The van der Waals surface area contributed by atoms with E-state index in [4.69, 9.17) is 0 Å². The Balaban J connectivity index is 2.04. The number of halogens is 1. The van der Waals surface area contributed by atoms with Gasteiger partial charge in [-0.05, 0) is 42.3 Å². The second-order valence-corrected chi connectivity index (χ2v) is 7.83. The van der Waals surface area contributed by atoms with Crippen molar-refractivity contribution in [3.05, 3.63) is 65.5 Å². The second-order valence-electron chi connectivity index (χ2n) is 5.89. The minimum Gasteiger partial charge on any atom is -0.306 e. The Kier molecular flexibility index (Phi) is 6.70. The zero-order valence-electron chi connectivity index (χ0n) is 14.9. The fourth-order valence-electron chi connectivity index (χ4n) is 2.63. The molecule has 0 saturated heterocycles. The van der Waals surface area contributed by atoms with Crippen molar-refractivity contribution in [2.45, 2.75) is 38.3 Å². The lowest BCUT2D eigenvalue weighted by Crippen LogP contribution is -2.30. The van der Waals surface area contributed by atoms with E-state index >= 15 is 0 Å². The SMILES string of the molecule is CCN(CC)S(=O)(=O)c1ccc([C@@H](C)NCc2ccc(F)cc2)cc1. The molecule has 0 saturated carbocycles. The summed E-state index contributed by atoms with van der Waals surface area (Å²) >= 11 is 0. The van der Waals surface area contributed by atoms with E-state index in [1.165, 1.54) is 16.4 Å². The van der Waals surface area contributed by atoms with Gasteiger partial charge in [0.2, 0.25) is 10.0 Å². The minimum atomic E-state index is -3.43. The van der Waals surface area contributed by atoms with E-state index in [2.05, 4.69) is 5.32 Å². The third-order valence-corrected chi connectivity index (χ3v) is 6.31. The van der Waals surface area contributed by atoms with E-state index < -0.39 is 10.0 Å². The van der Waals surface area contributed by atoms with Crippen molar-refractivity contribution < 1.29 is 12.8 Å². The molecule has 0 aliphatic carbocycles. The predicted octanol–water partition coefficient (Wildman–Crippen LogP) is 3.71. The first-order chi connectivity index (χ1) is 11.9. The van der Waals surface area contributed by atoms with E-state index in [1.54, 1.807) is 24.3 Å². The lowest BCUT2D eigenvalue weighted by Gasteiger charge is -2.19. The van der Waals surface area contributed by atoms with Crippen LogP contribution in [0.3, 0.4) is 0 Å². The lowest BCUT2D eigenvalue weighted by atomic mass is 10.1. The van der Waals surface area contributed by atoms with Crippen LogP contribution in [0.1, 0.15) is 37.9 Å². The van der Waals surface area contributed by atoms with Crippen LogP contribution in [0.2, 0.25) is 0 Å². The van der Waals surface area contributed by atoms with Gasteiger partial charge in [-0.1, -0.05) is 38.1 Å². The van der Waals surface area contributed by atoms with Gasteiger partial charge in [0.05, 0.1) is 4.90 Å². The maximum Gasteiger partial charge on any atom is 0.243 e. The highest BCUT2D eigenvalue weighted by Crippen LogP contribution is 2.19. The first-order valence-electron chi connectivity index (χ1n) is 8.46. The van der Waals surface area contributed by atoms with Crippen LogP contribution in [0.4, 0.5) is 4.39 Å². The number of benzene rings is 2. The van der Waals surface area contributed by atoms with Gasteiger partial charge in [-0.2, -0.15) is 4.31 Å². The molecule has 0 amide bonds. The smallest absolute Gasteiger partial charge is 0.243 e. The molecule has 0 spiro atoms. The monoisotopic (exact) mass is 364 g/mol. The highest BCUT2D eigenvalue weighted by atomic mass is 32.2. The van der Waals surface area contributed by atoms with Crippen LogP contribution < -0.4 is 5.32 Å². The number of nitrogens with one attached hydrogen (secondary N) is 1. The van der Waals surface area contributed by atoms with E-state index in [0.717, 1.165) is 11.1 Å². The Morgan fingerprint density at radius 1 is 1.00 bits per heavy atom. The summed E-state index contributed by atoms with van der Waals surface area (Å²) in [5.74, 6) is -0.248. The number of rotatable bonds is 8. The standard InChI is InChI=1S/C19H25FN2O2S/c1-4-22(5-2)25(23,24)19-12-8-17(9-13-19)15(3)21-14-16-6-10-18(20)11-7-16/h6-13,15,21H,4-5,14H2,1-3H3/t15-/m1/s1. The van der Waals surface area contributed by atoms with Crippen LogP contribution in [0.15, 0.2) is 53.4 Å². The molecule has 2 rings (SSSR count). The number of hydrogen-bond acceptors (Lipinski definition) is 3. The van der Waals surface area contributed by atoms with Crippen molar-refractivity contribution in [1.29, 1.82) is 0 Å². The van der Waals surface area contributed by atoms with Crippen LogP contribution in [0, 0.1) is 5.82 Å². The summed E-state index contributed by atoms with van der Waals surface area (Å²) in [6, 6.07) is 13.4. The van der Waals surface area contributed by atoms with Gasteiger partial charge in [0.25, 0.3) is 0 Å². The van der Waals surface area contributed by atoms with Gasteiger partial charge in [-0.15, -0.1) is 0 Å². The molecule has 1 atom stereocenters. The second kappa shape index (κ2) is 8.56. The Morgan fingerprint density at radius 2 is 1.56 bits per heavy atom. The van der Waals surface area contributed by atoms with Crippen molar-refractivity contribution in [3.8, 4) is 0 Å². The van der Waals surface area contributed by atoms with Gasteiger partial charge in [0.1, 0.15) is 5.82 Å². The zero-order valence-corrected chi connectivity index (χ0v) is 15.7. The normalized spacial score (nSPS) is 13.2. The van der Waals surface area contributed by atoms with Crippen LogP contribution in [-0.2, 0) is 16.6 Å². The van der Waals surface area contributed by atoms with Gasteiger partial charge in [0.15, 0.2) is 0 Å². The lowest BCUT2D eigenvalue weighted by molar-refractivity contribution is 0.445. The molecule has 4 nitrogen and oxygen atoms in total. The fraction of sp³-hybridized carbons (Fsp3) is 0.368. The summed E-state index contributed by atoms with van der Waals surface area (Å²) in [7, 11) is -3.43. The van der Waals surface area contributed by atoms with Crippen molar-refractivity contribution >= 4 is 10.0 Å². The predicted molar refractivity (Wildman–Crippen MR) is 98.2 cm³/mol. The highest BCUT2D eigenvalue weighted by molar-refractivity contribution is 7.89. The number of hydrogen-bond donors (Lipinski definition) is 1. The largest absolute Gasteiger partial charge is 0.306 e. The summed E-state index contributed by atoms with van der Waals surface area (Å²) in [5.41, 5.74) is 1.99. The van der Waals surface area contributed by atoms with E-state index in [1.807, 2.05) is 32.9 Å². The fourth-order valence-corrected chi connectivity index (χ4v) is 4.09. The van der Waals surface area contributed by atoms with E-state index in [-0.39, 0.29) is 11.9 Å². The molecular formula is C19H25FN2O2S. The molecule has 25 heavy (non-hydrogen) atoms. The molecule has 136 valence electrons. The maximum atomic E-state index is 12.9. The van der Waals surface area contributed by atoms with Gasteiger partial charge in [-0.3, -0.25) is 0 Å². The highest BCUT2D eigenvalue weighted by Gasteiger charge is 2.21. The van der Waals surface area contributed by atoms with Gasteiger partial charge in [-0.25, -0.2) is 12.8 Å². The topological polar surface area (TPSA) is 49.4 Å². The molecule has 0 aliphatic heterocycles. The quantitative estimate of drug-likeness (QED) is 0.777. The molecule has 2 aromatic rings. The average Bonchev–Trinajstić information content (AvgIpc) is 2.62. The Hall–Kier alpha value is -1.76. The summed E-state index contributed by atoms with van der Waals surface area (Å²) in [4.78, 5) is 0.311. The van der Waals surface area contributed by atoms with Crippen LogP contribution in [-0.4, -0.2) is 25.8 Å². The molecule has 0 fully saturated rings. The van der Waals surface area contributed by atoms with Crippen molar-refractivity contribution in [1.82, 2.24) is 9.62 Å². The average molecular weight is 364 g/mol. The molecular weight excluding hydrogens is 339 g/mol. The molecule has 0 unspecified atom stereocenters. The van der Waals surface area contributed by atoms with Crippen molar-refractivity contribution in [2.75, 3.05) is 13.1 Å². The van der Waals surface area contributed by atoms with E-state index in [9.17, 15) is 12.8 Å². The Bertz CT molecular complexity index is 770. The van der Waals surface area contributed by atoms with Gasteiger partial charge >= 0.3 is 0 Å². The third-order valence-electron chi connectivity index (χ3n) is 4.25. The molecule has 6 heteroatoms. The molecule has 0 aromatic heterocycles. The zero-order chi connectivity index (χ0) is 18.4. The van der Waals surface area contributed by atoms with Crippen molar-refractivity contribution in [3.63, 3.8) is 0 Å². The van der Waals surface area contributed by atoms with E-state index in [0.29, 0.717) is 24.5 Å². The molecule has 0 heterocycles. The molecule has 0 aliphatic rings. The molecule has 1 N–H and O–H groups in total. The maximum absolute atomic E-state index is 12.9. The van der Waals surface area contributed by atoms with Crippen LogP contribution in [0.25, 0.3) is 0 Å². The summed E-state index contributed by atoms with van der Waals surface area (Å²) < 4.78 is 39.3. The van der Waals surface area contributed by atoms with Gasteiger partial charge in [0, 0.05) is 25.7 Å². The molecule has 0 bridgehead atoms. The van der Waals surface area contributed by atoms with Gasteiger partial charge < -0.3 is 5.32 Å². The number of nitrogens with zero attached hydrogens (tertiary/aromatic N) is 1. The van der Waals surface area contributed by atoms with Crippen molar-refractivity contribution in [2.24, 2.45) is 0 Å². The number of sulfonamides is 1. The van der Waals surface area contributed by atoms with Crippen LogP contribution >= 0.6 is 0 Å². The molecule has 2 aromatic carbocycles. The molecule has 0 radical (unpaired) electrons. The summed E-state index contributed by atoms with van der Waals surface area (Å²) in [6.45, 7) is 7.19. The van der Waals surface area contributed by atoms with Crippen LogP contribution in [0.5, 0.6) is 0 Å². The first kappa shape index (κ1) is 19.6. The summed E-state index contributed by atoms with van der Waals surface area (Å²) in [5, 5.41) is 3.36. The minimum absolute atomic E-state index is 0.0512. The summed E-state index contributed by atoms with van der Waals surface area (Å²) in [6.07, 6.45) is 0.